The predicted octanol–water partition coefficient (Wildman–Crippen LogP) is 3.21. The summed E-state index contributed by atoms with van der Waals surface area (Å²) in [7, 11) is 0. The molecule has 2 aromatic heterocycles. The summed E-state index contributed by atoms with van der Waals surface area (Å²) in [4.78, 5) is 18.7. The van der Waals surface area contributed by atoms with Crippen LogP contribution in [-0.4, -0.2) is 33.1 Å². The van der Waals surface area contributed by atoms with Crippen molar-refractivity contribution in [3.8, 4) is 0 Å². The Balaban J connectivity index is 1.58. The maximum atomic E-state index is 13.1. The molecule has 0 bridgehead atoms. The number of halogens is 1. The lowest BCUT2D eigenvalue weighted by atomic mass is 10.1. The molecule has 0 saturated carbocycles. The van der Waals surface area contributed by atoms with Crippen LogP contribution in [0.25, 0.3) is 5.65 Å². The van der Waals surface area contributed by atoms with Crippen molar-refractivity contribution in [2.24, 2.45) is 0 Å². The molecule has 1 fully saturated rings. The van der Waals surface area contributed by atoms with Gasteiger partial charge in [0.1, 0.15) is 11.6 Å². The van der Waals surface area contributed by atoms with Gasteiger partial charge < -0.3 is 10.2 Å². The van der Waals surface area contributed by atoms with Gasteiger partial charge >= 0.3 is 0 Å². The van der Waals surface area contributed by atoms with E-state index >= 15 is 0 Å². The van der Waals surface area contributed by atoms with Crippen LogP contribution in [0.4, 0.5) is 15.9 Å². The molecule has 0 unspecified atom stereocenters. The number of rotatable bonds is 4. The minimum absolute atomic E-state index is 0.0176. The first kappa shape index (κ1) is 16.5. The average Bonchev–Trinajstić information content (AvgIpc) is 3.22. The monoisotopic (exact) mass is 353 g/mol. The van der Waals surface area contributed by atoms with Crippen LogP contribution < -0.4 is 10.2 Å². The second-order valence-electron chi connectivity index (χ2n) is 6.85. The van der Waals surface area contributed by atoms with E-state index in [0.29, 0.717) is 18.7 Å². The maximum Gasteiger partial charge on any atom is 0.229 e. The Bertz CT molecular complexity index is 950. The second kappa shape index (κ2) is 6.40. The highest BCUT2D eigenvalue weighted by molar-refractivity contribution is 5.96. The van der Waals surface area contributed by atoms with Crippen molar-refractivity contribution in [1.29, 1.82) is 0 Å². The molecule has 3 aromatic rings. The fourth-order valence-electron chi connectivity index (χ4n) is 3.21. The Morgan fingerprint density at radius 2 is 2.00 bits per heavy atom. The molecule has 0 radical (unpaired) electrons. The number of hydrogen-bond donors (Lipinski definition) is 1. The number of amides is 1. The first-order valence-electron chi connectivity index (χ1n) is 8.68. The summed E-state index contributed by atoms with van der Waals surface area (Å²) in [6.45, 7) is 4.70. The SMILES string of the molecule is CC(C)c1cc(N[C@@H]2CC(=O)N(c3ccc(F)cc3)C2)n2nccc2n1. The molecule has 3 heterocycles. The number of anilines is 2. The molecule has 1 amide bonds. The zero-order chi connectivity index (χ0) is 18.3. The molecule has 1 aliphatic heterocycles. The van der Waals surface area contributed by atoms with Gasteiger partial charge in [-0.15, -0.1) is 0 Å². The van der Waals surface area contributed by atoms with Crippen LogP contribution in [0.2, 0.25) is 0 Å². The van der Waals surface area contributed by atoms with Gasteiger partial charge in [-0.2, -0.15) is 9.61 Å². The Hall–Kier alpha value is -2.96. The van der Waals surface area contributed by atoms with Gasteiger partial charge in [0.05, 0.1) is 12.2 Å². The van der Waals surface area contributed by atoms with Crippen molar-refractivity contribution in [3.05, 3.63) is 54.1 Å². The number of carbonyl (C=O) groups excluding carboxylic acids is 1. The lowest BCUT2D eigenvalue weighted by molar-refractivity contribution is -0.117. The molecule has 26 heavy (non-hydrogen) atoms. The maximum absolute atomic E-state index is 13.1. The second-order valence-corrected chi connectivity index (χ2v) is 6.85. The molecule has 1 N–H and O–H groups in total. The van der Waals surface area contributed by atoms with E-state index < -0.39 is 0 Å². The third-order valence-corrected chi connectivity index (χ3v) is 4.59. The van der Waals surface area contributed by atoms with Crippen molar-refractivity contribution in [1.82, 2.24) is 14.6 Å². The highest BCUT2D eigenvalue weighted by Gasteiger charge is 2.31. The van der Waals surface area contributed by atoms with Crippen molar-refractivity contribution in [3.63, 3.8) is 0 Å². The molecule has 1 saturated heterocycles. The van der Waals surface area contributed by atoms with E-state index in [0.717, 1.165) is 17.2 Å². The van der Waals surface area contributed by atoms with E-state index in [2.05, 4.69) is 29.2 Å². The Morgan fingerprint density at radius 3 is 2.73 bits per heavy atom. The van der Waals surface area contributed by atoms with Crippen molar-refractivity contribution in [2.45, 2.75) is 32.2 Å². The first-order valence-corrected chi connectivity index (χ1v) is 8.68. The number of benzene rings is 1. The molecule has 1 aliphatic rings. The van der Waals surface area contributed by atoms with Crippen LogP contribution in [0, 0.1) is 5.82 Å². The number of aromatic nitrogens is 3. The molecule has 1 atom stereocenters. The summed E-state index contributed by atoms with van der Waals surface area (Å²) in [5, 5.41) is 7.75. The molecular formula is C19H20FN5O. The number of fused-ring (bicyclic) bond motifs is 1. The van der Waals surface area contributed by atoms with Crippen molar-refractivity contribution < 1.29 is 9.18 Å². The van der Waals surface area contributed by atoms with E-state index in [1.54, 1.807) is 27.7 Å². The van der Waals surface area contributed by atoms with Crippen LogP contribution in [0.3, 0.4) is 0 Å². The molecule has 0 spiro atoms. The van der Waals surface area contributed by atoms with E-state index in [1.807, 2.05) is 12.1 Å². The summed E-state index contributed by atoms with van der Waals surface area (Å²) in [6.07, 6.45) is 2.09. The lowest BCUT2D eigenvalue weighted by Gasteiger charge is -2.18. The molecule has 134 valence electrons. The highest BCUT2D eigenvalue weighted by atomic mass is 19.1. The first-order chi connectivity index (χ1) is 12.5. The Labute approximate surface area is 150 Å². The van der Waals surface area contributed by atoms with Crippen molar-refractivity contribution >= 4 is 23.1 Å². The lowest BCUT2D eigenvalue weighted by Crippen LogP contribution is -2.28. The van der Waals surface area contributed by atoms with Gasteiger partial charge in [-0.1, -0.05) is 13.8 Å². The number of nitrogens with one attached hydrogen (secondary N) is 1. The quantitative estimate of drug-likeness (QED) is 0.782. The predicted molar refractivity (Wildman–Crippen MR) is 97.9 cm³/mol. The molecule has 7 heteroatoms. The smallest absolute Gasteiger partial charge is 0.229 e. The summed E-state index contributed by atoms with van der Waals surface area (Å²) in [6, 6.07) is 9.79. The number of hydrogen-bond acceptors (Lipinski definition) is 4. The minimum Gasteiger partial charge on any atom is -0.365 e. The van der Waals surface area contributed by atoms with Crippen LogP contribution in [-0.2, 0) is 4.79 Å². The molecule has 6 nitrogen and oxygen atoms in total. The number of nitrogens with zero attached hydrogens (tertiary/aromatic N) is 4. The largest absolute Gasteiger partial charge is 0.365 e. The summed E-state index contributed by atoms with van der Waals surface area (Å²) in [5.41, 5.74) is 2.46. The van der Waals surface area contributed by atoms with Gasteiger partial charge in [0.25, 0.3) is 0 Å². The third-order valence-electron chi connectivity index (χ3n) is 4.59. The Kier molecular flexibility index (Phi) is 4.06. The summed E-state index contributed by atoms with van der Waals surface area (Å²) < 4.78 is 14.9. The molecule has 1 aromatic carbocycles. The molecule has 0 aliphatic carbocycles. The van der Waals surface area contributed by atoms with E-state index in [4.69, 9.17) is 0 Å². The van der Waals surface area contributed by atoms with Crippen LogP contribution >= 0.6 is 0 Å². The van der Waals surface area contributed by atoms with Gasteiger partial charge in [0.15, 0.2) is 5.65 Å². The fourth-order valence-corrected chi connectivity index (χ4v) is 3.21. The van der Waals surface area contributed by atoms with E-state index in [1.165, 1.54) is 12.1 Å². The molecular weight excluding hydrogens is 333 g/mol. The van der Waals surface area contributed by atoms with Crippen LogP contribution in [0.5, 0.6) is 0 Å². The van der Waals surface area contributed by atoms with Gasteiger partial charge in [-0.05, 0) is 30.2 Å². The summed E-state index contributed by atoms with van der Waals surface area (Å²) >= 11 is 0. The topological polar surface area (TPSA) is 62.5 Å². The van der Waals surface area contributed by atoms with Gasteiger partial charge in [-0.3, -0.25) is 4.79 Å². The van der Waals surface area contributed by atoms with Gasteiger partial charge in [-0.25, -0.2) is 9.37 Å². The van der Waals surface area contributed by atoms with Gasteiger partial charge in [0.2, 0.25) is 5.91 Å². The standard InChI is InChI=1S/C19H20FN5O/c1-12(2)16-10-18(25-17(23-16)7-8-21-25)22-14-9-19(26)24(11-14)15-5-3-13(20)4-6-15/h3-8,10,12,14,22H,9,11H2,1-2H3/t14-/m1/s1. The van der Waals surface area contributed by atoms with Crippen LogP contribution in [0.15, 0.2) is 42.6 Å². The zero-order valence-electron chi connectivity index (χ0n) is 14.7. The average molecular weight is 353 g/mol. The zero-order valence-corrected chi connectivity index (χ0v) is 14.7. The minimum atomic E-state index is -0.311. The number of carbonyl (C=O) groups is 1. The third kappa shape index (κ3) is 3.00. The van der Waals surface area contributed by atoms with Gasteiger partial charge in [0, 0.05) is 36.5 Å². The van der Waals surface area contributed by atoms with Crippen molar-refractivity contribution in [2.75, 3.05) is 16.8 Å². The highest BCUT2D eigenvalue weighted by Crippen LogP contribution is 2.25. The summed E-state index contributed by atoms with van der Waals surface area (Å²) in [5.74, 6) is 0.817. The van der Waals surface area contributed by atoms with Crippen LogP contribution in [0.1, 0.15) is 31.9 Å². The van der Waals surface area contributed by atoms with E-state index in [-0.39, 0.29) is 23.7 Å². The Morgan fingerprint density at radius 1 is 1.23 bits per heavy atom. The van der Waals surface area contributed by atoms with E-state index in [9.17, 15) is 9.18 Å². The fraction of sp³-hybridized carbons (Fsp3) is 0.316. The normalized spacial score (nSPS) is 17.5. The molecule has 4 rings (SSSR count).